The van der Waals surface area contributed by atoms with Gasteiger partial charge in [-0.1, -0.05) is 30.3 Å². The highest BCUT2D eigenvalue weighted by Crippen LogP contribution is 2.29. The molecule has 0 atom stereocenters. The third-order valence-corrected chi connectivity index (χ3v) is 3.51. The molecule has 1 aromatic heterocycles. The number of non-ortho nitro benzene ring substituents is 1. The maximum Gasteiger partial charge on any atom is 0.275 e. The van der Waals surface area contributed by atoms with Gasteiger partial charge < -0.3 is 10.1 Å². The molecule has 0 radical (unpaired) electrons. The lowest BCUT2D eigenvalue weighted by molar-refractivity contribution is -0.384. The molecule has 7 nitrogen and oxygen atoms in total. The number of halogens is 2. The molecule has 3 aromatic rings. The molecule has 0 bridgehead atoms. The second-order valence-corrected chi connectivity index (χ2v) is 5.55. The Labute approximate surface area is 152 Å². The molecule has 3 rings (SSSR count). The molecule has 2 aromatic carbocycles. The zero-order valence-electron chi connectivity index (χ0n) is 13.2. The zero-order chi connectivity index (χ0) is 18.5. The van der Waals surface area contributed by atoms with E-state index in [9.17, 15) is 14.5 Å². The van der Waals surface area contributed by atoms with Gasteiger partial charge in [0.15, 0.2) is 11.6 Å². The molecule has 26 heavy (non-hydrogen) atoms. The van der Waals surface area contributed by atoms with Crippen LogP contribution < -0.4 is 10.1 Å². The van der Waals surface area contributed by atoms with Crippen molar-refractivity contribution < 1.29 is 14.1 Å². The van der Waals surface area contributed by atoms with Crippen LogP contribution in [0.2, 0.25) is 5.28 Å². The van der Waals surface area contributed by atoms with Gasteiger partial charge in [-0.05, 0) is 17.2 Å². The van der Waals surface area contributed by atoms with Gasteiger partial charge >= 0.3 is 0 Å². The maximum atomic E-state index is 13.8. The molecular weight excluding hydrogens is 363 g/mol. The van der Waals surface area contributed by atoms with Crippen LogP contribution in [0.3, 0.4) is 0 Å². The quantitative estimate of drug-likeness (QED) is 0.388. The Morgan fingerprint density at radius 3 is 2.73 bits per heavy atom. The first kappa shape index (κ1) is 17.6. The molecule has 0 aliphatic rings. The topological polar surface area (TPSA) is 90.2 Å². The molecule has 0 unspecified atom stereocenters. The Hall–Kier alpha value is -3.26. The summed E-state index contributed by atoms with van der Waals surface area (Å²) < 4.78 is 19.4. The van der Waals surface area contributed by atoms with Gasteiger partial charge in [-0.3, -0.25) is 10.1 Å². The maximum absolute atomic E-state index is 13.8. The molecule has 0 aliphatic heterocycles. The lowest BCUT2D eigenvalue weighted by Gasteiger charge is -2.10. The second-order valence-electron chi connectivity index (χ2n) is 5.21. The number of nitrogens with zero attached hydrogens (tertiary/aromatic N) is 3. The van der Waals surface area contributed by atoms with Crippen molar-refractivity contribution in [3.05, 3.63) is 81.5 Å². The summed E-state index contributed by atoms with van der Waals surface area (Å²) in [7, 11) is 0. The van der Waals surface area contributed by atoms with Crippen LogP contribution >= 0.6 is 11.6 Å². The van der Waals surface area contributed by atoms with Gasteiger partial charge in [-0.2, -0.15) is 4.98 Å². The van der Waals surface area contributed by atoms with E-state index >= 15 is 0 Å². The molecule has 1 N–H and O–H groups in total. The van der Waals surface area contributed by atoms with Crippen LogP contribution in [-0.4, -0.2) is 14.9 Å². The van der Waals surface area contributed by atoms with Gasteiger partial charge in [-0.25, -0.2) is 9.37 Å². The monoisotopic (exact) mass is 374 g/mol. The van der Waals surface area contributed by atoms with Crippen LogP contribution in [0.5, 0.6) is 5.75 Å². The molecule has 0 fully saturated rings. The number of benzene rings is 2. The molecule has 9 heteroatoms. The van der Waals surface area contributed by atoms with Crippen LogP contribution in [0.1, 0.15) is 5.56 Å². The smallest absolute Gasteiger partial charge is 0.275 e. The van der Waals surface area contributed by atoms with E-state index in [0.717, 1.165) is 11.8 Å². The van der Waals surface area contributed by atoms with Crippen LogP contribution in [0.25, 0.3) is 0 Å². The van der Waals surface area contributed by atoms with Crippen LogP contribution in [0.15, 0.2) is 54.7 Å². The van der Waals surface area contributed by atoms with Crippen molar-refractivity contribution in [1.29, 1.82) is 0 Å². The molecule has 1 heterocycles. The van der Waals surface area contributed by atoms with E-state index < -0.39 is 10.7 Å². The Morgan fingerprint density at radius 2 is 2.00 bits per heavy atom. The van der Waals surface area contributed by atoms with Gasteiger partial charge in [0.2, 0.25) is 5.28 Å². The summed E-state index contributed by atoms with van der Waals surface area (Å²) in [6, 6.07) is 13.4. The summed E-state index contributed by atoms with van der Waals surface area (Å²) >= 11 is 5.65. The average molecular weight is 375 g/mol. The first-order valence-corrected chi connectivity index (χ1v) is 7.80. The molecule has 0 saturated heterocycles. The number of nitrogens with one attached hydrogen (secondary N) is 1. The number of ether oxygens (including phenoxy) is 1. The van der Waals surface area contributed by atoms with Crippen molar-refractivity contribution in [2.24, 2.45) is 0 Å². The fraction of sp³-hybridized carbons (Fsp3) is 0.0588. The van der Waals surface area contributed by atoms with Gasteiger partial charge in [-0.15, -0.1) is 0 Å². The largest absolute Gasteiger partial charge is 0.489 e. The van der Waals surface area contributed by atoms with Gasteiger partial charge in [0.05, 0.1) is 22.9 Å². The number of hydrogen-bond acceptors (Lipinski definition) is 6. The van der Waals surface area contributed by atoms with Crippen LogP contribution in [0, 0.1) is 15.9 Å². The van der Waals surface area contributed by atoms with Crippen molar-refractivity contribution in [2.75, 3.05) is 5.32 Å². The summed E-state index contributed by atoms with van der Waals surface area (Å²) in [5, 5.41) is 13.7. The average Bonchev–Trinajstić information content (AvgIpc) is 2.64. The normalized spacial score (nSPS) is 10.4. The molecule has 0 aliphatic carbocycles. The first-order chi connectivity index (χ1) is 12.5. The van der Waals surface area contributed by atoms with Gasteiger partial charge in [0.25, 0.3) is 5.69 Å². The van der Waals surface area contributed by atoms with Gasteiger partial charge in [0.1, 0.15) is 12.4 Å². The Bertz CT molecular complexity index is 941. The van der Waals surface area contributed by atoms with E-state index in [0.29, 0.717) is 0 Å². The Balaban J connectivity index is 1.86. The van der Waals surface area contributed by atoms with Crippen molar-refractivity contribution in [1.82, 2.24) is 9.97 Å². The van der Waals surface area contributed by atoms with Crippen LogP contribution in [-0.2, 0) is 6.61 Å². The van der Waals surface area contributed by atoms with E-state index in [1.165, 1.54) is 18.2 Å². The molecule has 0 saturated carbocycles. The minimum Gasteiger partial charge on any atom is -0.489 e. The summed E-state index contributed by atoms with van der Waals surface area (Å²) in [5.41, 5.74) is 0.927. The number of aromatic nitrogens is 2. The van der Waals surface area contributed by atoms with Crippen LogP contribution in [0.4, 0.5) is 21.6 Å². The fourth-order valence-electron chi connectivity index (χ4n) is 2.16. The Morgan fingerprint density at radius 1 is 1.23 bits per heavy atom. The number of rotatable bonds is 6. The molecule has 0 spiro atoms. The van der Waals surface area contributed by atoms with Crippen molar-refractivity contribution in [3.8, 4) is 5.75 Å². The zero-order valence-corrected chi connectivity index (χ0v) is 14.0. The van der Waals surface area contributed by atoms with E-state index in [1.807, 2.05) is 30.3 Å². The van der Waals surface area contributed by atoms with E-state index in [4.69, 9.17) is 16.3 Å². The first-order valence-electron chi connectivity index (χ1n) is 7.42. The Kier molecular flexibility index (Phi) is 5.23. The van der Waals surface area contributed by atoms with Crippen molar-refractivity contribution >= 4 is 28.8 Å². The molecule has 0 amide bonds. The molecule has 132 valence electrons. The number of nitro benzene ring substituents is 1. The minimum absolute atomic E-state index is 0.153. The number of anilines is 2. The van der Waals surface area contributed by atoms with E-state index in [-0.39, 0.29) is 34.8 Å². The third-order valence-electron chi connectivity index (χ3n) is 3.33. The van der Waals surface area contributed by atoms with Gasteiger partial charge in [0, 0.05) is 12.1 Å². The fourth-order valence-corrected chi connectivity index (χ4v) is 2.29. The highest BCUT2D eigenvalue weighted by Gasteiger charge is 2.13. The lowest BCUT2D eigenvalue weighted by atomic mass is 10.2. The summed E-state index contributed by atoms with van der Waals surface area (Å²) in [6.07, 6.45) is 0.905. The predicted octanol–water partition coefficient (Wildman–Crippen LogP) is 4.50. The summed E-state index contributed by atoms with van der Waals surface area (Å²) in [5.74, 6) is -0.682. The third kappa shape index (κ3) is 4.42. The van der Waals surface area contributed by atoms with E-state index in [1.54, 1.807) is 0 Å². The number of hydrogen-bond donors (Lipinski definition) is 1. The van der Waals surface area contributed by atoms with Crippen molar-refractivity contribution in [3.63, 3.8) is 0 Å². The summed E-state index contributed by atoms with van der Waals surface area (Å²) in [6.45, 7) is 0.231. The lowest BCUT2D eigenvalue weighted by Crippen LogP contribution is -2.01. The molecular formula is C17H12ClFN4O3. The second kappa shape index (κ2) is 7.75. The predicted molar refractivity (Wildman–Crippen MR) is 94.2 cm³/mol. The standard InChI is InChI=1S/C17H12ClFN4O3/c18-17-20-9-15(19)16(22-17)21-12-6-13(23(24)25)8-14(7-12)26-10-11-4-2-1-3-5-11/h1-9H,10H2,(H,20,21,22). The summed E-state index contributed by atoms with van der Waals surface area (Å²) in [4.78, 5) is 17.8. The SMILES string of the molecule is O=[N+]([O-])c1cc(Nc2nc(Cl)ncc2F)cc(OCc2ccccc2)c1. The minimum atomic E-state index is -0.743. The van der Waals surface area contributed by atoms with E-state index in [2.05, 4.69) is 15.3 Å². The number of nitro groups is 1. The van der Waals surface area contributed by atoms with Crippen molar-refractivity contribution in [2.45, 2.75) is 6.61 Å². The highest BCUT2D eigenvalue weighted by molar-refractivity contribution is 6.28. The highest BCUT2D eigenvalue weighted by atomic mass is 35.5.